The molecule has 0 bridgehead atoms. The van der Waals surface area contributed by atoms with E-state index in [4.69, 9.17) is 28.9 Å². The monoisotopic (exact) mass is 356 g/mol. The number of nitrogens with one attached hydrogen (secondary N) is 1. The molecule has 120 valence electrons. The van der Waals surface area contributed by atoms with Crippen molar-refractivity contribution in [1.29, 1.82) is 0 Å². The summed E-state index contributed by atoms with van der Waals surface area (Å²) < 4.78 is 13.5. The van der Waals surface area contributed by atoms with Crippen LogP contribution in [0.3, 0.4) is 0 Å². The Morgan fingerprint density at radius 1 is 1.33 bits per heavy atom. The number of rotatable bonds is 5. The molecule has 0 spiro atoms. The second-order valence-electron chi connectivity index (χ2n) is 4.93. The van der Waals surface area contributed by atoms with Crippen LogP contribution in [-0.2, 0) is 4.79 Å². The van der Waals surface area contributed by atoms with E-state index < -0.39 is 17.9 Å². The molecular weight excluding hydrogens is 338 g/mol. The normalized spacial score (nSPS) is 14.8. The van der Waals surface area contributed by atoms with E-state index >= 15 is 0 Å². The lowest BCUT2D eigenvalue weighted by Gasteiger charge is -2.22. The van der Waals surface area contributed by atoms with Gasteiger partial charge in [-0.1, -0.05) is 43.5 Å². The first kappa shape index (κ1) is 20.5. The molecule has 7 heteroatoms. The summed E-state index contributed by atoms with van der Waals surface area (Å²) in [5.74, 6) is -0.781. The number of hydrogen-bond acceptors (Lipinski definition) is 2. The van der Waals surface area contributed by atoms with Crippen LogP contribution in [0.2, 0.25) is 10.0 Å². The van der Waals surface area contributed by atoms with Crippen molar-refractivity contribution >= 4 is 41.5 Å². The zero-order chi connectivity index (χ0) is 15.4. The molecule has 1 aromatic rings. The van der Waals surface area contributed by atoms with Crippen molar-refractivity contribution in [2.75, 3.05) is 0 Å². The maximum atomic E-state index is 13.5. The van der Waals surface area contributed by atoms with E-state index in [0.29, 0.717) is 10.6 Å². The van der Waals surface area contributed by atoms with Gasteiger partial charge in [0.1, 0.15) is 5.82 Å². The molecule has 0 saturated heterocycles. The van der Waals surface area contributed by atoms with Gasteiger partial charge in [-0.15, -0.1) is 12.4 Å². The number of carbonyl (C=O) groups is 1. The highest BCUT2D eigenvalue weighted by Gasteiger charge is 2.22. The van der Waals surface area contributed by atoms with E-state index in [9.17, 15) is 9.18 Å². The zero-order valence-electron chi connectivity index (χ0n) is 12.1. The van der Waals surface area contributed by atoms with Gasteiger partial charge in [0.05, 0.1) is 17.1 Å². The first-order valence-corrected chi connectivity index (χ1v) is 7.23. The van der Waals surface area contributed by atoms with Crippen LogP contribution in [0.15, 0.2) is 12.1 Å². The smallest absolute Gasteiger partial charge is 0.237 e. The standard InChI is InChI=1S/C14H19Cl2FN2O.ClH/c1-4-7(2)13(18)14(20)19-8(3)9-5-12(17)11(16)6-10(9)15;/h5-8,13H,4,18H2,1-3H3,(H,19,20);1H. The lowest BCUT2D eigenvalue weighted by molar-refractivity contribution is -0.124. The third-order valence-corrected chi connectivity index (χ3v) is 4.04. The third-order valence-electron chi connectivity index (χ3n) is 3.42. The predicted molar refractivity (Wildman–Crippen MR) is 87.7 cm³/mol. The summed E-state index contributed by atoms with van der Waals surface area (Å²) in [4.78, 5) is 12.0. The van der Waals surface area contributed by atoms with Gasteiger partial charge in [0.25, 0.3) is 0 Å². The number of nitrogens with two attached hydrogens (primary N) is 1. The molecule has 1 aromatic carbocycles. The second-order valence-corrected chi connectivity index (χ2v) is 5.74. The maximum Gasteiger partial charge on any atom is 0.237 e. The molecule has 1 rings (SSSR count). The lowest BCUT2D eigenvalue weighted by atomic mass is 9.98. The minimum absolute atomic E-state index is 0. The largest absolute Gasteiger partial charge is 0.348 e. The first-order chi connectivity index (χ1) is 9.27. The maximum absolute atomic E-state index is 13.5. The van der Waals surface area contributed by atoms with Gasteiger partial charge in [-0.25, -0.2) is 4.39 Å². The minimum Gasteiger partial charge on any atom is -0.348 e. The van der Waals surface area contributed by atoms with E-state index in [0.717, 1.165) is 6.42 Å². The number of hydrogen-bond donors (Lipinski definition) is 2. The first-order valence-electron chi connectivity index (χ1n) is 6.48. The summed E-state index contributed by atoms with van der Waals surface area (Å²) >= 11 is 11.7. The predicted octanol–water partition coefficient (Wildman–Crippen LogP) is 4.10. The van der Waals surface area contributed by atoms with Crippen molar-refractivity contribution in [2.24, 2.45) is 11.7 Å². The summed E-state index contributed by atoms with van der Waals surface area (Å²) in [6.07, 6.45) is 0.805. The van der Waals surface area contributed by atoms with Crippen LogP contribution in [0.4, 0.5) is 4.39 Å². The molecule has 0 fully saturated rings. The van der Waals surface area contributed by atoms with E-state index in [1.165, 1.54) is 12.1 Å². The Labute approximate surface area is 140 Å². The molecule has 0 radical (unpaired) electrons. The second kappa shape index (κ2) is 8.79. The SMILES string of the molecule is CCC(C)C(N)C(=O)NC(C)c1cc(F)c(Cl)cc1Cl.Cl. The molecule has 1 amide bonds. The van der Waals surface area contributed by atoms with Crippen LogP contribution >= 0.6 is 35.6 Å². The summed E-state index contributed by atoms with van der Waals surface area (Å²) in [6.45, 7) is 5.59. The van der Waals surface area contributed by atoms with Crippen molar-refractivity contribution < 1.29 is 9.18 Å². The number of halogens is 4. The summed E-state index contributed by atoms with van der Waals surface area (Å²) in [6, 6.07) is 1.50. The molecule has 0 aliphatic rings. The minimum atomic E-state index is -0.599. The quantitative estimate of drug-likeness (QED) is 0.779. The Kier molecular flexibility index (Phi) is 8.56. The van der Waals surface area contributed by atoms with Gasteiger partial charge in [0.2, 0.25) is 5.91 Å². The fraction of sp³-hybridized carbons (Fsp3) is 0.500. The third kappa shape index (κ3) is 5.29. The summed E-state index contributed by atoms with van der Waals surface area (Å²) in [7, 11) is 0. The average Bonchev–Trinajstić information content (AvgIpc) is 2.40. The Morgan fingerprint density at radius 2 is 1.90 bits per heavy atom. The van der Waals surface area contributed by atoms with Crippen molar-refractivity contribution in [3.63, 3.8) is 0 Å². The number of amides is 1. The van der Waals surface area contributed by atoms with Crippen molar-refractivity contribution in [1.82, 2.24) is 5.32 Å². The lowest BCUT2D eigenvalue weighted by Crippen LogP contribution is -2.45. The highest BCUT2D eigenvalue weighted by Crippen LogP contribution is 2.28. The van der Waals surface area contributed by atoms with Crippen LogP contribution in [0, 0.1) is 11.7 Å². The van der Waals surface area contributed by atoms with E-state index in [1.54, 1.807) is 6.92 Å². The van der Waals surface area contributed by atoms with E-state index in [2.05, 4.69) is 5.32 Å². The molecule has 3 N–H and O–H groups in total. The molecule has 3 nitrogen and oxygen atoms in total. The van der Waals surface area contributed by atoms with Gasteiger partial charge < -0.3 is 11.1 Å². The van der Waals surface area contributed by atoms with Crippen LogP contribution in [0.1, 0.15) is 38.8 Å². The molecule has 0 aliphatic heterocycles. The molecule has 21 heavy (non-hydrogen) atoms. The van der Waals surface area contributed by atoms with Crippen molar-refractivity contribution in [3.05, 3.63) is 33.6 Å². The fourth-order valence-electron chi connectivity index (χ4n) is 1.77. The molecule has 0 aromatic heterocycles. The van der Waals surface area contributed by atoms with Crippen LogP contribution in [0.25, 0.3) is 0 Å². The van der Waals surface area contributed by atoms with Gasteiger partial charge >= 0.3 is 0 Å². The number of benzene rings is 1. The highest BCUT2D eigenvalue weighted by atomic mass is 35.5. The molecule has 0 aliphatic carbocycles. The summed E-state index contributed by atoms with van der Waals surface area (Å²) in [5, 5.41) is 3.00. The van der Waals surface area contributed by atoms with Gasteiger partial charge in [-0.3, -0.25) is 4.79 Å². The van der Waals surface area contributed by atoms with Gasteiger partial charge in [-0.05, 0) is 30.5 Å². The van der Waals surface area contributed by atoms with Crippen LogP contribution in [0.5, 0.6) is 0 Å². The average molecular weight is 358 g/mol. The zero-order valence-corrected chi connectivity index (χ0v) is 14.4. The van der Waals surface area contributed by atoms with Gasteiger partial charge in [-0.2, -0.15) is 0 Å². The molecule has 0 saturated carbocycles. The van der Waals surface area contributed by atoms with Gasteiger partial charge in [0, 0.05) is 5.02 Å². The van der Waals surface area contributed by atoms with Crippen molar-refractivity contribution in [3.8, 4) is 0 Å². The highest BCUT2D eigenvalue weighted by molar-refractivity contribution is 6.35. The molecule has 3 unspecified atom stereocenters. The Morgan fingerprint density at radius 3 is 2.43 bits per heavy atom. The molecular formula is C14H20Cl3FN2O. The Balaban J connectivity index is 0.00000400. The van der Waals surface area contributed by atoms with Gasteiger partial charge in [0.15, 0.2) is 0 Å². The van der Waals surface area contributed by atoms with E-state index in [1.807, 2.05) is 13.8 Å². The fourth-order valence-corrected chi connectivity index (χ4v) is 2.32. The topological polar surface area (TPSA) is 55.1 Å². The van der Waals surface area contributed by atoms with E-state index in [-0.39, 0.29) is 29.3 Å². The van der Waals surface area contributed by atoms with Crippen LogP contribution in [-0.4, -0.2) is 11.9 Å². The summed E-state index contributed by atoms with van der Waals surface area (Å²) in [5.41, 5.74) is 6.32. The van der Waals surface area contributed by atoms with Crippen LogP contribution < -0.4 is 11.1 Å². The molecule has 3 atom stereocenters. The Bertz CT molecular complexity index is 499. The van der Waals surface area contributed by atoms with Crippen molar-refractivity contribution in [2.45, 2.75) is 39.3 Å². The molecule has 0 heterocycles. The number of carbonyl (C=O) groups excluding carboxylic acids is 1. The Hall–Kier alpha value is -0.550.